The van der Waals surface area contributed by atoms with Gasteiger partial charge in [0.05, 0.1) is 19.0 Å². The molecular formula is C19H25N5O4S2. The lowest BCUT2D eigenvalue weighted by Gasteiger charge is -2.18. The third-order valence-electron chi connectivity index (χ3n) is 4.95. The van der Waals surface area contributed by atoms with Gasteiger partial charge in [-0.3, -0.25) is 4.57 Å². The van der Waals surface area contributed by atoms with Gasteiger partial charge in [-0.05, 0) is 24.8 Å². The number of ether oxygens (including phenoxy) is 1. The Labute approximate surface area is 182 Å². The van der Waals surface area contributed by atoms with Crippen LogP contribution in [0.3, 0.4) is 0 Å². The first-order valence-electron chi connectivity index (χ1n) is 9.83. The Hall–Kier alpha value is -1.76. The van der Waals surface area contributed by atoms with E-state index in [0.717, 1.165) is 12.2 Å². The maximum Gasteiger partial charge on any atom is 0.191 e. The number of aromatic nitrogens is 4. The molecule has 5 atom stereocenters. The number of nitrogens with one attached hydrogen (secondary N) is 1. The van der Waals surface area contributed by atoms with Gasteiger partial charge in [-0.25, -0.2) is 15.0 Å². The lowest BCUT2D eigenvalue weighted by atomic mass is 10.1. The summed E-state index contributed by atoms with van der Waals surface area (Å²) in [5.74, 6) is 1.47. The fourth-order valence-electron chi connectivity index (χ4n) is 3.37. The Morgan fingerprint density at radius 2 is 2.17 bits per heavy atom. The molecule has 4 heterocycles. The summed E-state index contributed by atoms with van der Waals surface area (Å²) < 4.78 is 7.27. The number of hydrogen-bond donors (Lipinski definition) is 4. The van der Waals surface area contributed by atoms with Crippen LogP contribution in [0.5, 0.6) is 0 Å². The van der Waals surface area contributed by atoms with Gasteiger partial charge >= 0.3 is 0 Å². The maximum atomic E-state index is 10.4. The first-order valence-corrected chi connectivity index (χ1v) is 11.7. The largest absolute Gasteiger partial charge is 0.394 e. The molecule has 9 nitrogen and oxygen atoms in total. The smallest absolute Gasteiger partial charge is 0.191 e. The second-order valence-corrected chi connectivity index (χ2v) is 9.18. The molecule has 0 bridgehead atoms. The molecular weight excluding hydrogens is 426 g/mol. The average Bonchev–Trinajstić information content (AvgIpc) is 3.47. The van der Waals surface area contributed by atoms with E-state index in [0.29, 0.717) is 22.1 Å². The molecule has 1 saturated heterocycles. The zero-order valence-corrected chi connectivity index (χ0v) is 18.3. The molecule has 3 aromatic rings. The van der Waals surface area contributed by atoms with Crippen LogP contribution in [0.2, 0.25) is 0 Å². The monoisotopic (exact) mass is 451 g/mol. The molecule has 0 spiro atoms. The van der Waals surface area contributed by atoms with Gasteiger partial charge in [0, 0.05) is 10.6 Å². The summed E-state index contributed by atoms with van der Waals surface area (Å²) in [5.41, 5.74) is 1.05. The quantitative estimate of drug-likeness (QED) is 0.301. The average molecular weight is 452 g/mol. The van der Waals surface area contributed by atoms with Gasteiger partial charge in [-0.15, -0.1) is 11.3 Å². The summed E-state index contributed by atoms with van der Waals surface area (Å²) in [6.07, 6.45) is -1.66. The van der Waals surface area contributed by atoms with Crippen LogP contribution in [0.4, 0.5) is 5.82 Å². The Bertz CT molecular complexity index is 983. The van der Waals surface area contributed by atoms with Crippen LogP contribution in [-0.2, 0) is 4.74 Å². The van der Waals surface area contributed by atoms with E-state index in [2.05, 4.69) is 40.2 Å². The number of thioether (sulfide) groups is 1. The predicted molar refractivity (Wildman–Crippen MR) is 116 cm³/mol. The molecule has 3 aromatic heterocycles. The Morgan fingerprint density at radius 1 is 1.33 bits per heavy atom. The summed E-state index contributed by atoms with van der Waals surface area (Å²) in [6.45, 7) is 3.76. The third kappa shape index (κ3) is 4.05. The summed E-state index contributed by atoms with van der Waals surface area (Å²) in [5, 5.41) is 36.0. The minimum Gasteiger partial charge on any atom is -0.394 e. The standard InChI is InChI=1S/C19H25N5O4S2/c1-3-6-30-19-22-16(21-10(2)12-5-4-7-29-12)13-17(23-19)24(9-20-13)18-15(27)14(26)11(8-25)28-18/h4-5,7,9-11,14-15,18,25-27H,3,6,8H2,1-2H3,(H,21,22,23)/t10?,11-,14-,15-,18-/m1/s1. The molecule has 0 aliphatic carbocycles. The van der Waals surface area contributed by atoms with Gasteiger partial charge in [0.2, 0.25) is 0 Å². The van der Waals surface area contributed by atoms with Crippen molar-refractivity contribution in [3.8, 4) is 0 Å². The predicted octanol–water partition coefficient (Wildman–Crippen LogP) is 2.17. The van der Waals surface area contributed by atoms with Crippen LogP contribution in [-0.4, -0.2) is 65.5 Å². The van der Waals surface area contributed by atoms with Gasteiger partial charge in [0.1, 0.15) is 18.3 Å². The summed E-state index contributed by atoms with van der Waals surface area (Å²) in [6, 6.07) is 4.10. The molecule has 1 fully saturated rings. The molecule has 30 heavy (non-hydrogen) atoms. The van der Waals surface area contributed by atoms with Crippen LogP contribution >= 0.6 is 23.1 Å². The third-order valence-corrected chi connectivity index (χ3v) is 7.06. The molecule has 162 valence electrons. The number of anilines is 1. The van der Waals surface area contributed by atoms with Crippen LogP contribution in [0, 0.1) is 0 Å². The normalized spacial score (nSPS) is 25.1. The van der Waals surface area contributed by atoms with E-state index in [-0.39, 0.29) is 12.6 Å². The highest BCUT2D eigenvalue weighted by Gasteiger charge is 2.44. The van der Waals surface area contributed by atoms with E-state index in [1.54, 1.807) is 27.7 Å². The highest BCUT2D eigenvalue weighted by molar-refractivity contribution is 7.99. The van der Waals surface area contributed by atoms with E-state index in [1.807, 2.05) is 11.4 Å². The van der Waals surface area contributed by atoms with Gasteiger partial charge < -0.3 is 25.4 Å². The summed E-state index contributed by atoms with van der Waals surface area (Å²) in [7, 11) is 0. The minimum absolute atomic E-state index is 0.0335. The molecule has 1 aliphatic heterocycles. The number of nitrogens with zero attached hydrogens (tertiary/aromatic N) is 4. The Morgan fingerprint density at radius 3 is 2.83 bits per heavy atom. The van der Waals surface area contributed by atoms with Crippen molar-refractivity contribution in [1.29, 1.82) is 0 Å². The number of aliphatic hydroxyl groups excluding tert-OH is 3. The molecule has 0 amide bonds. The first kappa shape index (κ1) is 21.5. The van der Waals surface area contributed by atoms with E-state index in [4.69, 9.17) is 4.74 Å². The van der Waals surface area contributed by atoms with Crippen molar-refractivity contribution in [2.24, 2.45) is 0 Å². The fourth-order valence-corrected chi connectivity index (χ4v) is 4.79. The molecule has 1 aliphatic rings. The molecule has 4 rings (SSSR count). The van der Waals surface area contributed by atoms with Gasteiger partial charge in [0.15, 0.2) is 28.4 Å². The fraction of sp³-hybridized carbons (Fsp3) is 0.526. The first-order chi connectivity index (χ1) is 14.5. The van der Waals surface area contributed by atoms with Gasteiger partial charge in [-0.1, -0.05) is 24.8 Å². The highest BCUT2D eigenvalue weighted by atomic mass is 32.2. The number of aliphatic hydroxyl groups is 3. The van der Waals surface area contributed by atoms with Crippen molar-refractivity contribution in [3.05, 3.63) is 28.7 Å². The minimum atomic E-state index is -1.21. The number of hydrogen-bond acceptors (Lipinski definition) is 10. The van der Waals surface area contributed by atoms with E-state index in [1.165, 1.54) is 11.2 Å². The lowest BCUT2D eigenvalue weighted by Crippen LogP contribution is -2.33. The SMILES string of the molecule is CCCSc1nc(NC(C)c2cccs2)c2ncn([C@@H]3O[C@H](CO)[C@@H](O)[C@H]3O)c2n1. The van der Waals surface area contributed by atoms with Crippen LogP contribution in [0.15, 0.2) is 29.0 Å². The second-order valence-electron chi connectivity index (χ2n) is 7.14. The molecule has 4 N–H and O–H groups in total. The second kappa shape index (κ2) is 9.16. The molecule has 1 unspecified atom stereocenters. The number of thiophene rings is 1. The van der Waals surface area contributed by atoms with E-state index in [9.17, 15) is 15.3 Å². The molecule has 0 saturated carbocycles. The van der Waals surface area contributed by atoms with Crippen LogP contribution < -0.4 is 5.32 Å². The Balaban J connectivity index is 1.73. The lowest BCUT2D eigenvalue weighted by molar-refractivity contribution is -0.0511. The number of rotatable bonds is 8. The molecule has 11 heteroatoms. The zero-order chi connectivity index (χ0) is 21.3. The molecule has 0 radical (unpaired) electrons. The summed E-state index contributed by atoms with van der Waals surface area (Å²) in [4.78, 5) is 14.9. The van der Waals surface area contributed by atoms with Crippen molar-refractivity contribution < 1.29 is 20.1 Å². The maximum absolute atomic E-state index is 10.4. The highest BCUT2D eigenvalue weighted by Crippen LogP contribution is 2.34. The number of imidazole rings is 1. The molecule has 0 aromatic carbocycles. The van der Waals surface area contributed by atoms with Crippen molar-refractivity contribution in [2.45, 2.75) is 56.0 Å². The van der Waals surface area contributed by atoms with Crippen molar-refractivity contribution in [1.82, 2.24) is 19.5 Å². The van der Waals surface area contributed by atoms with Crippen molar-refractivity contribution >= 4 is 40.1 Å². The zero-order valence-electron chi connectivity index (χ0n) is 16.7. The summed E-state index contributed by atoms with van der Waals surface area (Å²) >= 11 is 3.20. The van der Waals surface area contributed by atoms with E-state index >= 15 is 0 Å². The van der Waals surface area contributed by atoms with Gasteiger partial charge in [0.25, 0.3) is 0 Å². The topological polar surface area (TPSA) is 126 Å². The van der Waals surface area contributed by atoms with E-state index < -0.39 is 24.5 Å². The van der Waals surface area contributed by atoms with Crippen molar-refractivity contribution in [2.75, 3.05) is 17.7 Å². The van der Waals surface area contributed by atoms with Gasteiger partial charge in [-0.2, -0.15) is 0 Å². The number of fused-ring (bicyclic) bond motifs is 1. The van der Waals surface area contributed by atoms with Crippen molar-refractivity contribution in [3.63, 3.8) is 0 Å². The van der Waals surface area contributed by atoms with Crippen LogP contribution in [0.25, 0.3) is 11.2 Å². The van der Waals surface area contributed by atoms with Crippen LogP contribution in [0.1, 0.15) is 37.4 Å². The Kier molecular flexibility index (Phi) is 6.56.